The third-order valence-corrected chi connectivity index (χ3v) is 3.79. The van der Waals surface area contributed by atoms with Gasteiger partial charge >= 0.3 is 0 Å². The number of aryl methyl sites for hydroxylation is 2. The van der Waals surface area contributed by atoms with E-state index in [1.54, 1.807) is 0 Å². The highest BCUT2D eigenvalue weighted by Gasteiger charge is 2.11. The van der Waals surface area contributed by atoms with Crippen molar-refractivity contribution >= 4 is 23.2 Å². The van der Waals surface area contributed by atoms with E-state index in [-0.39, 0.29) is 29.0 Å². The number of rotatable bonds is 8. The molecule has 7 nitrogen and oxygen atoms in total. The molecule has 1 N–H and O–H groups in total. The number of nitro benzene ring substituents is 1. The molecule has 1 amide bonds. The molecule has 0 saturated carbocycles. The molecule has 0 heterocycles. The molecular weight excluding hydrogens is 360 g/mol. The Labute approximate surface area is 156 Å². The number of nitrogens with one attached hydrogen (secondary N) is 1. The summed E-state index contributed by atoms with van der Waals surface area (Å²) >= 11 is 5.90. The molecule has 2 aromatic rings. The number of non-ortho nitro benzene ring substituents is 1. The van der Waals surface area contributed by atoms with Crippen molar-refractivity contribution in [2.24, 2.45) is 0 Å². The van der Waals surface area contributed by atoms with Crippen LogP contribution in [0.15, 0.2) is 36.4 Å². The topological polar surface area (TPSA) is 90.7 Å². The number of nitrogens with zero attached hydrogens (tertiary/aromatic N) is 1. The molecule has 0 saturated heterocycles. The number of hydrogen-bond acceptors (Lipinski definition) is 5. The van der Waals surface area contributed by atoms with Crippen LogP contribution in [0, 0.1) is 24.0 Å². The van der Waals surface area contributed by atoms with Crippen LogP contribution in [0.1, 0.15) is 11.1 Å². The molecule has 0 aliphatic heterocycles. The van der Waals surface area contributed by atoms with Crippen molar-refractivity contribution in [2.45, 2.75) is 13.8 Å². The zero-order valence-corrected chi connectivity index (χ0v) is 15.2. The minimum absolute atomic E-state index is 0.0742. The van der Waals surface area contributed by atoms with E-state index in [9.17, 15) is 14.9 Å². The molecule has 138 valence electrons. The van der Waals surface area contributed by atoms with E-state index in [0.29, 0.717) is 13.2 Å². The SMILES string of the molecule is Cc1ccc(OCCNC(=O)COc2ccc([N+](=O)[O-])cc2Cl)c(C)c1. The Balaban J connectivity index is 1.73. The Bertz CT molecular complexity index is 810. The predicted octanol–water partition coefficient (Wildman–Crippen LogP) is 3.44. The average Bonchev–Trinajstić information content (AvgIpc) is 2.59. The van der Waals surface area contributed by atoms with Gasteiger partial charge in [0.25, 0.3) is 11.6 Å². The highest BCUT2D eigenvalue weighted by molar-refractivity contribution is 6.32. The van der Waals surface area contributed by atoms with Crippen LogP contribution < -0.4 is 14.8 Å². The van der Waals surface area contributed by atoms with Crippen LogP contribution in [0.4, 0.5) is 5.69 Å². The van der Waals surface area contributed by atoms with Gasteiger partial charge in [-0.3, -0.25) is 14.9 Å². The summed E-state index contributed by atoms with van der Waals surface area (Å²) in [7, 11) is 0. The fourth-order valence-corrected chi connectivity index (χ4v) is 2.46. The first kappa shape index (κ1) is 19.5. The summed E-state index contributed by atoms with van der Waals surface area (Å²) in [6, 6.07) is 9.67. The lowest BCUT2D eigenvalue weighted by Gasteiger charge is -2.11. The van der Waals surface area contributed by atoms with Crippen LogP contribution in [-0.4, -0.2) is 30.6 Å². The van der Waals surface area contributed by atoms with Crippen LogP contribution >= 0.6 is 11.6 Å². The largest absolute Gasteiger partial charge is 0.491 e. The first-order chi connectivity index (χ1) is 12.4. The zero-order chi connectivity index (χ0) is 19.1. The Morgan fingerprint density at radius 3 is 2.54 bits per heavy atom. The van der Waals surface area contributed by atoms with E-state index in [0.717, 1.165) is 16.9 Å². The molecule has 0 fully saturated rings. The lowest BCUT2D eigenvalue weighted by molar-refractivity contribution is -0.384. The number of nitro groups is 1. The van der Waals surface area contributed by atoms with E-state index in [2.05, 4.69) is 5.32 Å². The van der Waals surface area contributed by atoms with Gasteiger partial charge in [-0.1, -0.05) is 29.3 Å². The van der Waals surface area contributed by atoms with Gasteiger partial charge in [0, 0.05) is 12.1 Å². The number of hydrogen-bond donors (Lipinski definition) is 1. The van der Waals surface area contributed by atoms with Gasteiger partial charge in [-0.2, -0.15) is 0 Å². The molecule has 0 spiro atoms. The van der Waals surface area contributed by atoms with E-state index < -0.39 is 4.92 Å². The van der Waals surface area contributed by atoms with Gasteiger partial charge in [0.1, 0.15) is 18.1 Å². The van der Waals surface area contributed by atoms with E-state index in [1.165, 1.54) is 18.2 Å². The first-order valence-electron chi connectivity index (χ1n) is 7.90. The molecule has 0 aliphatic rings. The third-order valence-electron chi connectivity index (χ3n) is 3.50. The van der Waals surface area contributed by atoms with Crippen LogP contribution in [-0.2, 0) is 4.79 Å². The summed E-state index contributed by atoms with van der Waals surface area (Å²) < 4.78 is 10.9. The fourth-order valence-electron chi connectivity index (χ4n) is 2.23. The number of halogens is 1. The number of amides is 1. The van der Waals surface area contributed by atoms with Gasteiger partial charge in [-0.15, -0.1) is 0 Å². The molecule has 0 radical (unpaired) electrons. The fraction of sp³-hybridized carbons (Fsp3) is 0.278. The third kappa shape index (κ3) is 5.63. The van der Waals surface area contributed by atoms with Crippen LogP contribution in [0.5, 0.6) is 11.5 Å². The first-order valence-corrected chi connectivity index (χ1v) is 8.28. The second kappa shape index (κ2) is 9.05. The van der Waals surface area contributed by atoms with E-state index in [1.807, 2.05) is 32.0 Å². The highest BCUT2D eigenvalue weighted by atomic mass is 35.5. The number of carbonyl (C=O) groups excluding carboxylic acids is 1. The Kier molecular flexibility index (Phi) is 6.80. The molecule has 8 heteroatoms. The second-order valence-corrected chi connectivity index (χ2v) is 6.04. The van der Waals surface area contributed by atoms with Crippen LogP contribution in [0.2, 0.25) is 5.02 Å². The van der Waals surface area contributed by atoms with Gasteiger partial charge in [0.2, 0.25) is 0 Å². The quantitative estimate of drug-likeness (QED) is 0.431. The summed E-state index contributed by atoms with van der Waals surface area (Å²) in [5, 5.41) is 13.4. The average molecular weight is 379 g/mol. The number of carbonyl (C=O) groups is 1. The molecule has 0 unspecified atom stereocenters. The van der Waals surface area contributed by atoms with Crippen molar-refractivity contribution in [1.82, 2.24) is 5.32 Å². The van der Waals surface area contributed by atoms with Crippen molar-refractivity contribution in [3.05, 3.63) is 62.7 Å². The highest BCUT2D eigenvalue weighted by Crippen LogP contribution is 2.28. The van der Waals surface area contributed by atoms with Crippen molar-refractivity contribution < 1.29 is 19.2 Å². The Morgan fingerprint density at radius 2 is 1.88 bits per heavy atom. The zero-order valence-electron chi connectivity index (χ0n) is 14.5. The minimum atomic E-state index is -0.557. The summed E-state index contributed by atoms with van der Waals surface area (Å²) in [5.41, 5.74) is 2.05. The van der Waals surface area contributed by atoms with Crippen LogP contribution in [0.3, 0.4) is 0 Å². The Morgan fingerprint density at radius 1 is 1.15 bits per heavy atom. The predicted molar refractivity (Wildman–Crippen MR) is 98.0 cm³/mol. The molecule has 0 aliphatic carbocycles. The van der Waals surface area contributed by atoms with Gasteiger partial charge < -0.3 is 14.8 Å². The minimum Gasteiger partial charge on any atom is -0.491 e. The van der Waals surface area contributed by atoms with E-state index in [4.69, 9.17) is 21.1 Å². The second-order valence-electron chi connectivity index (χ2n) is 5.63. The van der Waals surface area contributed by atoms with Crippen molar-refractivity contribution in [2.75, 3.05) is 19.8 Å². The lowest BCUT2D eigenvalue weighted by Crippen LogP contribution is -2.32. The molecule has 0 atom stereocenters. The van der Waals surface area contributed by atoms with E-state index >= 15 is 0 Å². The molecular formula is C18H19ClN2O5. The van der Waals surface area contributed by atoms with Crippen molar-refractivity contribution in [3.8, 4) is 11.5 Å². The summed E-state index contributed by atoms with van der Waals surface area (Å²) in [6.45, 7) is 4.37. The standard InChI is InChI=1S/C18H19ClN2O5/c1-12-3-5-16(13(2)9-12)25-8-7-20-18(22)11-26-17-6-4-14(21(23)24)10-15(17)19/h3-6,9-10H,7-8,11H2,1-2H3,(H,20,22). The number of ether oxygens (including phenoxy) is 2. The van der Waals surface area contributed by atoms with Gasteiger partial charge in [-0.25, -0.2) is 0 Å². The summed E-state index contributed by atoms with van der Waals surface area (Å²) in [5.74, 6) is 0.640. The normalized spacial score (nSPS) is 10.3. The summed E-state index contributed by atoms with van der Waals surface area (Å²) in [6.07, 6.45) is 0. The van der Waals surface area contributed by atoms with Crippen LogP contribution in [0.25, 0.3) is 0 Å². The maximum atomic E-state index is 11.8. The van der Waals surface area contributed by atoms with Crippen molar-refractivity contribution in [3.63, 3.8) is 0 Å². The van der Waals surface area contributed by atoms with Crippen molar-refractivity contribution in [1.29, 1.82) is 0 Å². The molecule has 2 aromatic carbocycles. The molecule has 0 aromatic heterocycles. The molecule has 26 heavy (non-hydrogen) atoms. The smallest absolute Gasteiger partial charge is 0.271 e. The Hall–Kier alpha value is -2.80. The molecule has 2 rings (SSSR count). The lowest BCUT2D eigenvalue weighted by atomic mass is 10.1. The summed E-state index contributed by atoms with van der Waals surface area (Å²) in [4.78, 5) is 21.9. The monoisotopic (exact) mass is 378 g/mol. The molecule has 0 bridgehead atoms. The number of benzene rings is 2. The van der Waals surface area contributed by atoms with Gasteiger partial charge in [0.15, 0.2) is 6.61 Å². The maximum Gasteiger partial charge on any atom is 0.271 e. The van der Waals surface area contributed by atoms with Gasteiger partial charge in [0.05, 0.1) is 16.5 Å². The van der Waals surface area contributed by atoms with Gasteiger partial charge in [-0.05, 0) is 31.5 Å². The maximum absolute atomic E-state index is 11.8.